The molecule has 0 atom stereocenters. The topological polar surface area (TPSA) is 41.0 Å². The summed E-state index contributed by atoms with van der Waals surface area (Å²) < 4.78 is 0. The van der Waals surface area contributed by atoms with E-state index in [2.05, 4.69) is 40.1 Å². The van der Waals surface area contributed by atoms with Crippen molar-refractivity contribution in [3.8, 4) is 0 Å². The maximum absolute atomic E-state index is 4.65. The Bertz CT molecular complexity index is 382. The van der Waals surface area contributed by atoms with Crippen LogP contribution in [0.3, 0.4) is 0 Å². The predicted molar refractivity (Wildman–Crippen MR) is 78.6 cm³/mol. The van der Waals surface area contributed by atoms with Gasteiger partial charge in [-0.25, -0.2) is 9.97 Å². The van der Waals surface area contributed by atoms with Crippen LogP contribution >= 0.6 is 11.8 Å². The van der Waals surface area contributed by atoms with Crippen LogP contribution in [0.2, 0.25) is 0 Å². The highest BCUT2D eigenvalue weighted by Crippen LogP contribution is 2.32. The van der Waals surface area contributed by atoms with Gasteiger partial charge in [-0.2, -0.15) is 0 Å². The highest BCUT2D eigenvalue weighted by molar-refractivity contribution is 7.98. The summed E-state index contributed by atoms with van der Waals surface area (Å²) in [7, 11) is 1.90. The first kappa shape index (κ1) is 13.5. The zero-order chi connectivity index (χ0) is 13.1. The second-order valence-electron chi connectivity index (χ2n) is 5.13. The van der Waals surface area contributed by atoms with E-state index in [0.29, 0.717) is 12.0 Å². The molecule has 0 spiro atoms. The van der Waals surface area contributed by atoms with Crippen molar-refractivity contribution in [3.05, 3.63) is 6.07 Å². The molecule has 0 amide bonds. The van der Waals surface area contributed by atoms with Crippen molar-refractivity contribution >= 4 is 23.4 Å². The highest BCUT2D eigenvalue weighted by atomic mass is 32.2. The lowest BCUT2D eigenvalue weighted by atomic mass is 10.2. The zero-order valence-electron chi connectivity index (χ0n) is 11.6. The molecule has 1 aliphatic carbocycles. The molecule has 1 aromatic heterocycles. The molecule has 0 bridgehead atoms. The Kier molecular flexibility index (Phi) is 4.32. The normalized spacial score (nSPS) is 14.9. The van der Waals surface area contributed by atoms with Gasteiger partial charge in [0.1, 0.15) is 11.6 Å². The number of nitrogens with zero attached hydrogens (tertiary/aromatic N) is 3. The minimum absolute atomic E-state index is 0.649. The van der Waals surface area contributed by atoms with E-state index in [4.69, 9.17) is 0 Å². The molecule has 1 fully saturated rings. The molecule has 4 nitrogen and oxygen atoms in total. The summed E-state index contributed by atoms with van der Waals surface area (Å²) in [4.78, 5) is 11.5. The lowest BCUT2D eigenvalue weighted by Crippen LogP contribution is -2.30. The fourth-order valence-corrected chi connectivity index (χ4v) is 2.36. The average Bonchev–Trinajstić information content (AvgIpc) is 3.19. The van der Waals surface area contributed by atoms with Gasteiger partial charge in [0.2, 0.25) is 0 Å². The molecule has 0 radical (unpaired) electrons. The summed E-state index contributed by atoms with van der Waals surface area (Å²) in [6, 6.07) is 2.74. The minimum atomic E-state index is 0.649. The molecule has 1 aliphatic rings. The molecule has 1 N–H and O–H groups in total. The zero-order valence-corrected chi connectivity index (χ0v) is 12.4. The molecule has 1 heterocycles. The third-order valence-corrected chi connectivity index (χ3v) is 3.52. The molecule has 0 aromatic carbocycles. The van der Waals surface area contributed by atoms with Gasteiger partial charge < -0.3 is 10.2 Å². The first-order chi connectivity index (χ1) is 8.63. The Morgan fingerprint density at radius 2 is 2.17 bits per heavy atom. The number of anilines is 2. The van der Waals surface area contributed by atoms with Crippen LogP contribution in [0.5, 0.6) is 0 Å². The fraction of sp³-hybridized carbons (Fsp3) is 0.692. The molecular formula is C13H22N4S. The largest absolute Gasteiger partial charge is 0.373 e. The maximum Gasteiger partial charge on any atom is 0.191 e. The van der Waals surface area contributed by atoms with Gasteiger partial charge in [-0.3, -0.25) is 0 Å². The summed E-state index contributed by atoms with van der Waals surface area (Å²) in [5.41, 5.74) is 0. The van der Waals surface area contributed by atoms with Gasteiger partial charge in [-0.15, -0.1) is 0 Å². The SMILES string of the molecule is CNc1cc(N(CC(C)C)C2CC2)nc(SC)n1. The van der Waals surface area contributed by atoms with Crippen LogP contribution in [-0.4, -0.2) is 35.9 Å². The van der Waals surface area contributed by atoms with Gasteiger partial charge in [-0.1, -0.05) is 25.6 Å². The number of hydrogen-bond donors (Lipinski definition) is 1. The van der Waals surface area contributed by atoms with Crippen LogP contribution in [0.15, 0.2) is 11.2 Å². The second kappa shape index (κ2) is 5.78. The summed E-state index contributed by atoms with van der Waals surface area (Å²) in [6.07, 6.45) is 4.60. The van der Waals surface area contributed by atoms with Gasteiger partial charge in [0.25, 0.3) is 0 Å². The maximum atomic E-state index is 4.65. The number of nitrogens with one attached hydrogen (secondary N) is 1. The number of hydrogen-bond acceptors (Lipinski definition) is 5. The molecule has 0 unspecified atom stereocenters. The van der Waals surface area contributed by atoms with Crippen LogP contribution in [0.1, 0.15) is 26.7 Å². The Morgan fingerprint density at radius 1 is 1.44 bits per heavy atom. The van der Waals surface area contributed by atoms with Crippen molar-refractivity contribution in [1.29, 1.82) is 0 Å². The predicted octanol–water partition coefficient (Wildman–Crippen LogP) is 2.87. The summed E-state index contributed by atoms with van der Waals surface area (Å²) in [5, 5.41) is 3.96. The van der Waals surface area contributed by atoms with Crippen molar-refractivity contribution in [2.45, 2.75) is 37.9 Å². The number of thioether (sulfide) groups is 1. The van der Waals surface area contributed by atoms with Crippen LogP contribution in [0, 0.1) is 5.92 Å². The Labute approximate surface area is 114 Å². The quantitative estimate of drug-likeness (QED) is 0.633. The molecule has 0 saturated heterocycles. The van der Waals surface area contributed by atoms with Gasteiger partial charge in [0, 0.05) is 25.7 Å². The third kappa shape index (κ3) is 3.28. The Balaban J connectivity index is 2.27. The molecule has 2 rings (SSSR count). The Hall–Kier alpha value is -0.970. The van der Waals surface area contributed by atoms with Crippen LogP contribution in [0.4, 0.5) is 11.6 Å². The standard InChI is InChI=1S/C13H22N4S/c1-9(2)8-17(10-5-6-10)12-7-11(14-3)15-13(16-12)18-4/h7,9-10H,5-6,8H2,1-4H3,(H,14,15,16). The average molecular weight is 266 g/mol. The van der Waals surface area contributed by atoms with Crippen molar-refractivity contribution in [2.24, 2.45) is 5.92 Å². The molecule has 18 heavy (non-hydrogen) atoms. The molecule has 1 aromatic rings. The summed E-state index contributed by atoms with van der Waals surface area (Å²) in [6.45, 7) is 5.58. The Morgan fingerprint density at radius 3 is 2.67 bits per heavy atom. The smallest absolute Gasteiger partial charge is 0.191 e. The van der Waals surface area contributed by atoms with Crippen LogP contribution < -0.4 is 10.2 Å². The van der Waals surface area contributed by atoms with Crippen molar-refractivity contribution in [2.75, 3.05) is 30.1 Å². The van der Waals surface area contributed by atoms with E-state index in [-0.39, 0.29) is 0 Å². The third-order valence-electron chi connectivity index (χ3n) is 2.97. The first-order valence-electron chi connectivity index (χ1n) is 6.51. The van der Waals surface area contributed by atoms with Gasteiger partial charge in [0.15, 0.2) is 5.16 Å². The van der Waals surface area contributed by atoms with Crippen LogP contribution in [-0.2, 0) is 0 Å². The van der Waals surface area contributed by atoms with E-state index in [1.54, 1.807) is 11.8 Å². The van der Waals surface area contributed by atoms with E-state index >= 15 is 0 Å². The summed E-state index contributed by atoms with van der Waals surface area (Å²) in [5.74, 6) is 2.62. The number of rotatable bonds is 6. The van der Waals surface area contributed by atoms with Crippen LogP contribution in [0.25, 0.3) is 0 Å². The van der Waals surface area contributed by atoms with Crippen molar-refractivity contribution < 1.29 is 0 Å². The van der Waals surface area contributed by atoms with E-state index < -0.39 is 0 Å². The highest BCUT2D eigenvalue weighted by Gasteiger charge is 2.30. The van der Waals surface area contributed by atoms with Gasteiger partial charge in [0.05, 0.1) is 0 Å². The monoisotopic (exact) mass is 266 g/mol. The van der Waals surface area contributed by atoms with Crippen molar-refractivity contribution in [3.63, 3.8) is 0 Å². The van der Waals surface area contributed by atoms with Gasteiger partial charge in [-0.05, 0) is 25.0 Å². The lowest BCUT2D eigenvalue weighted by molar-refractivity contribution is 0.600. The molecule has 0 aliphatic heterocycles. The molecular weight excluding hydrogens is 244 g/mol. The van der Waals surface area contributed by atoms with E-state index in [9.17, 15) is 0 Å². The molecule has 5 heteroatoms. The molecule has 1 saturated carbocycles. The lowest BCUT2D eigenvalue weighted by Gasteiger charge is -2.26. The van der Waals surface area contributed by atoms with E-state index in [0.717, 1.165) is 23.3 Å². The van der Waals surface area contributed by atoms with E-state index in [1.807, 2.05) is 13.3 Å². The number of aromatic nitrogens is 2. The van der Waals surface area contributed by atoms with Crippen molar-refractivity contribution in [1.82, 2.24) is 9.97 Å². The van der Waals surface area contributed by atoms with E-state index in [1.165, 1.54) is 12.8 Å². The minimum Gasteiger partial charge on any atom is -0.373 e. The fourth-order valence-electron chi connectivity index (χ4n) is 1.99. The molecule has 100 valence electrons. The second-order valence-corrected chi connectivity index (χ2v) is 5.90. The van der Waals surface area contributed by atoms with Gasteiger partial charge >= 0.3 is 0 Å². The summed E-state index contributed by atoms with van der Waals surface area (Å²) >= 11 is 1.59. The first-order valence-corrected chi connectivity index (χ1v) is 7.74.